The van der Waals surface area contributed by atoms with Crippen molar-refractivity contribution in [3.05, 3.63) is 23.8 Å². The Morgan fingerprint density at radius 3 is 2.15 bits per heavy atom. The maximum atomic E-state index is 13.1. The zero-order valence-corrected chi connectivity index (χ0v) is 13.0. The lowest BCUT2D eigenvalue weighted by Crippen LogP contribution is -2.41. The average Bonchev–Trinajstić information content (AvgIpc) is 2.37. The molecule has 0 amide bonds. The van der Waals surface area contributed by atoms with Crippen LogP contribution in [-0.4, -0.2) is 34.4 Å². The van der Waals surface area contributed by atoms with Gasteiger partial charge in [-0.15, -0.1) is 0 Å². The molecule has 0 saturated carbocycles. The number of halogens is 3. The zero-order chi connectivity index (χ0) is 15.0. The van der Waals surface area contributed by atoms with Gasteiger partial charge >= 0.3 is 6.18 Å². The van der Waals surface area contributed by atoms with Crippen LogP contribution in [0.25, 0.3) is 0 Å². The topological polar surface area (TPSA) is 12.5 Å². The van der Waals surface area contributed by atoms with Crippen molar-refractivity contribution in [1.82, 2.24) is 0 Å². The van der Waals surface area contributed by atoms with Crippen LogP contribution in [0, 0.1) is 0 Å². The van der Waals surface area contributed by atoms with Crippen molar-refractivity contribution in [3.8, 4) is 0 Å². The quantitative estimate of drug-likeness (QED) is 0.779. The fourth-order valence-corrected chi connectivity index (χ4v) is 3.38. The second-order valence-corrected chi connectivity index (χ2v) is 11.2. The third kappa shape index (κ3) is 3.55. The van der Waals surface area contributed by atoms with E-state index >= 15 is 0 Å². The Morgan fingerprint density at radius 1 is 1.05 bits per heavy atom. The predicted octanol–water partition coefficient (Wildman–Crippen LogP) is 3.09. The molecule has 2 nitrogen and oxygen atoms in total. The summed E-state index contributed by atoms with van der Waals surface area (Å²) in [6, 6.07) is 4.50. The lowest BCUT2D eigenvalue weighted by molar-refractivity contribution is -0.137. The Morgan fingerprint density at radius 2 is 1.65 bits per heavy atom. The van der Waals surface area contributed by atoms with Gasteiger partial charge in [0.05, 0.1) is 26.9 Å². The molecule has 6 heteroatoms. The first-order chi connectivity index (χ1) is 9.18. The summed E-state index contributed by atoms with van der Waals surface area (Å²) < 4.78 is 44.5. The summed E-state index contributed by atoms with van der Waals surface area (Å²) in [5.41, 5.74) is 0.125. The number of morpholine rings is 1. The number of alkyl halides is 3. The predicted molar refractivity (Wildman–Crippen MR) is 77.5 cm³/mol. The van der Waals surface area contributed by atoms with Gasteiger partial charge in [-0.1, -0.05) is 30.9 Å². The van der Waals surface area contributed by atoms with Gasteiger partial charge in [0, 0.05) is 18.8 Å². The zero-order valence-electron chi connectivity index (χ0n) is 12.0. The van der Waals surface area contributed by atoms with E-state index in [0.29, 0.717) is 32.0 Å². The Labute approximate surface area is 118 Å². The van der Waals surface area contributed by atoms with E-state index in [-0.39, 0.29) is 0 Å². The van der Waals surface area contributed by atoms with Crippen molar-refractivity contribution in [2.45, 2.75) is 25.8 Å². The van der Waals surface area contributed by atoms with Gasteiger partial charge in [-0.25, -0.2) is 0 Å². The number of ether oxygens (including phenoxy) is 1. The van der Waals surface area contributed by atoms with Crippen molar-refractivity contribution >= 4 is 18.9 Å². The van der Waals surface area contributed by atoms with E-state index in [1.165, 1.54) is 12.1 Å². The summed E-state index contributed by atoms with van der Waals surface area (Å²) in [4.78, 5) is 1.97. The van der Waals surface area contributed by atoms with Gasteiger partial charge in [0.25, 0.3) is 0 Å². The van der Waals surface area contributed by atoms with Crippen LogP contribution in [0.5, 0.6) is 0 Å². The van der Waals surface area contributed by atoms with Gasteiger partial charge in [0.15, 0.2) is 0 Å². The van der Waals surface area contributed by atoms with Crippen molar-refractivity contribution in [2.75, 3.05) is 31.2 Å². The third-order valence-electron chi connectivity index (χ3n) is 3.49. The largest absolute Gasteiger partial charge is 0.416 e. The van der Waals surface area contributed by atoms with E-state index < -0.39 is 19.8 Å². The maximum Gasteiger partial charge on any atom is 0.416 e. The molecule has 1 heterocycles. The number of hydrogen-bond donors (Lipinski definition) is 0. The number of rotatable bonds is 2. The van der Waals surface area contributed by atoms with Crippen LogP contribution < -0.4 is 10.1 Å². The summed E-state index contributed by atoms with van der Waals surface area (Å²) in [5.74, 6) is 0. The molecule has 1 aromatic carbocycles. The van der Waals surface area contributed by atoms with Crippen LogP contribution in [0.1, 0.15) is 5.56 Å². The molecule has 0 bridgehead atoms. The highest BCUT2D eigenvalue weighted by molar-refractivity contribution is 6.88. The Bertz CT molecular complexity index is 444. The van der Waals surface area contributed by atoms with Gasteiger partial charge in [-0.05, 0) is 12.1 Å². The molecule has 2 rings (SSSR count). The summed E-state index contributed by atoms with van der Waals surface area (Å²) in [7, 11) is -1.80. The Kier molecular flexibility index (Phi) is 4.16. The van der Waals surface area contributed by atoms with Crippen molar-refractivity contribution in [3.63, 3.8) is 0 Å². The lowest BCUT2D eigenvalue weighted by atomic mass is 10.1. The Hall–Kier alpha value is -1.01. The van der Waals surface area contributed by atoms with Gasteiger partial charge < -0.3 is 9.64 Å². The van der Waals surface area contributed by atoms with Crippen molar-refractivity contribution < 1.29 is 17.9 Å². The second-order valence-electron chi connectivity index (χ2n) is 6.12. The monoisotopic (exact) mass is 303 g/mol. The summed E-state index contributed by atoms with van der Waals surface area (Å²) >= 11 is 0. The molecule has 0 unspecified atom stereocenters. The van der Waals surface area contributed by atoms with E-state index in [0.717, 1.165) is 5.19 Å². The minimum atomic E-state index is -4.29. The number of benzene rings is 1. The minimum absolute atomic E-state index is 0.543. The van der Waals surface area contributed by atoms with Crippen LogP contribution in [0.15, 0.2) is 18.2 Å². The fourth-order valence-electron chi connectivity index (χ4n) is 2.21. The fraction of sp³-hybridized carbons (Fsp3) is 0.571. The SMILES string of the molecule is C[Si](C)(C)c1cc(N2CCOCC2)cc(C(F)(F)F)c1. The van der Waals surface area contributed by atoms with Gasteiger partial charge in [0.1, 0.15) is 0 Å². The Balaban J connectivity index is 2.45. The van der Waals surface area contributed by atoms with E-state index in [1.807, 2.05) is 11.0 Å². The molecule has 0 aromatic heterocycles. The van der Waals surface area contributed by atoms with E-state index in [1.54, 1.807) is 0 Å². The van der Waals surface area contributed by atoms with Crippen LogP contribution >= 0.6 is 0 Å². The summed E-state index contributed by atoms with van der Waals surface area (Å²) in [6.07, 6.45) is -4.29. The minimum Gasteiger partial charge on any atom is -0.378 e. The average molecular weight is 303 g/mol. The molecular weight excluding hydrogens is 283 g/mol. The van der Waals surface area contributed by atoms with Crippen molar-refractivity contribution in [2.24, 2.45) is 0 Å². The number of anilines is 1. The van der Waals surface area contributed by atoms with E-state index in [2.05, 4.69) is 19.6 Å². The summed E-state index contributed by atoms with van der Waals surface area (Å²) in [5, 5.41) is 0.841. The first kappa shape index (κ1) is 15.4. The second kappa shape index (κ2) is 5.41. The molecule has 112 valence electrons. The molecule has 1 aliphatic rings. The molecular formula is C14H20F3NOSi. The molecule has 0 radical (unpaired) electrons. The van der Waals surface area contributed by atoms with Crippen LogP contribution in [-0.2, 0) is 10.9 Å². The lowest BCUT2D eigenvalue weighted by Gasteiger charge is -2.31. The van der Waals surface area contributed by atoms with Crippen molar-refractivity contribution in [1.29, 1.82) is 0 Å². The highest BCUT2D eigenvalue weighted by atomic mass is 28.3. The first-order valence-corrected chi connectivity index (χ1v) is 10.2. The number of hydrogen-bond acceptors (Lipinski definition) is 2. The molecule has 0 N–H and O–H groups in total. The van der Waals surface area contributed by atoms with Gasteiger partial charge in [-0.3, -0.25) is 0 Å². The molecule has 0 aliphatic carbocycles. The molecule has 1 aliphatic heterocycles. The van der Waals surface area contributed by atoms with Crippen LogP contribution in [0.2, 0.25) is 19.6 Å². The van der Waals surface area contributed by atoms with Gasteiger partial charge in [-0.2, -0.15) is 13.2 Å². The van der Waals surface area contributed by atoms with Crippen LogP contribution in [0.4, 0.5) is 18.9 Å². The van der Waals surface area contributed by atoms with Crippen LogP contribution in [0.3, 0.4) is 0 Å². The maximum absolute atomic E-state index is 13.1. The first-order valence-electron chi connectivity index (χ1n) is 6.73. The van der Waals surface area contributed by atoms with E-state index in [4.69, 9.17) is 4.74 Å². The molecule has 1 fully saturated rings. The number of nitrogens with zero attached hydrogens (tertiary/aromatic N) is 1. The molecule has 1 saturated heterocycles. The molecule has 20 heavy (non-hydrogen) atoms. The molecule has 1 aromatic rings. The summed E-state index contributed by atoms with van der Waals surface area (Å²) in [6.45, 7) is 8.61. The normalized spacial score (nSPS) is 17.4. The molecule has 0 atom stereocenters. The highest BCUT2D eigenvalue weighted by Crippen LogP contribution is 2.32. The van der Waals surface area contributed by atoms with E-state index in [9.17, 15) is 13.2 Å². The van der Waals surface area contributed by atoms with Gasteiger partial charge in [0.2, 0.25) is 0 Å². The highest BCUT2D eigenvalue weighted by Gasteiger charge is 2.33. The standard InChI is InChI=1S/C14H20F3NOSi/c1-20(2,3)13-9-11(14(15,16)17)8-12(10-13)18-4-6-19-7-5-18/h8-10H,4-7H2,1-3H3. The smallest absolute Gasteiger partial charge is 0.378 e. The third-order valence-corrected chi connectivity index (χ3v) is 5.51. The molecule has 0 spiro atoms.